The quantitative estimate of drug-likeness (QED) is 0.586. The monoisotopic (exact) mass is 215 g/mol. The summed E-state index contributed by atoms with van der Waals surface area (Å²) in [5, 5.41) is 12.1. The minimum Gasteiger partial charge on any atom is -0.396 e. The van der Waals surface area contributed by atoms with Crippen LogP contribution in [0.3, 0.4) is 0 Å². The van der Waals surface area contributed by atoms with Crippen molar-refractivity contribution in [2.75, 3.05) is 17.6 Å². The molecule has 3 nitrogen and oxygen atoms in total. The smallest absolute Gasteiger partial charge is 0.101 e. The van der Waals surface area contributed by atoms with Gasteiger partial charge in [-0.2, -0.15) is 5.26 Å². The van der Waals surface area contributed by atoms with Gasteiger partial charge >= 0.3 is 0 Å². The third kappa shape index (κ3) is 2.66. The van der Waals surface area contributed by atoms with Crippen LogP contribution in [-0.2, 0) is 0 Å². The van der Waals surface area contributed by atoms with Gasteiger partial charge in [0.2, 0.25) is 0 Å². The van der Waals surface area contributed by atoms with Crippen LogP contribution >= 0.6 is 0 Å². The highest BCUT2D eigenvalue weighted by Gasteiger charge is 2.19. The molecule has 0 heterocycles. The Labute approximate surface area is 96.3 Å². The van der Waals surface area contributed by atoms with Crippen LogP contribution in [0, 0.1) is 17.2 Å². The average Bonchev–Trinajstić information content (AvgIpc) is 3.10. The van der Waals surface area contributed by atoms with E-state index in [0.717, 1.165) is 18.2 Å². The SMILES string of the molecule is N#Cc1cccc(NCCCC2CC2)c1N. The summed E-state index contributed by atoms with van der Waals surface area (Å²) in [6, 6.07) is 7.61. The zero-order chi connectivity index (χ0) is 11.4. The van der Waals surface area contributed by atoms with Crippen molar-refractivity contribution in [2.24, 2.45) is 5.92 Å². The van der Waals surface area contributed by atoms with Crippen molar-refractivity contribution < 1.29 is 0 Å². The number of benzene rings is 1. The van der Waals surface area contributed by atoms with Gasteiger partial charge in [0.25, 0.3) is 0 Å². The number of nitrogen functional groups attached to an aromatic ring is 1. The van der Waals surface area contributed by atoms with Crippen LogP contribution in [0.25, 0.3) is 0 Å². The molecule has 1 aliphatic carbocycles. The molecule has 16 heavy (non-hydrogen) atoms. The van der Waals surface area contributed by atoms with E-state index in [0.29, 0.717) is 11.3 Å². The molecule has 0 atom stereocenters. The van der Waals surface area contributed by atoms with E-state index in [4.69, 9.17) is 11.0 Å². The van der Waals surface area contributed by atoms with Gasteiger partial charge in [0, 0.05) is 6.54 Å². The molecule has 3 heteroatoms. The van der Waals surface area contributed by atoms with Gasteiger partial charge in [-0.05, 0) is 30.9 Å². The van der Waals surface area contributed by atoms with Gasteiger partial charge in [0.15, 0.2) is 0 Å². The van der Waals surface area contributed by atoms with Crippen molar-refractivity contribution in [1.29, 1.82) is 5.26 Å². The number of nitrogens with zero attached hydrogens (tertiary/aromatic N) is 1. The third-order valence-electron chi connectivity index (χ3n) is 3.03. The molecule has 0 bridgehead atoms. The number of hydrogen-bond donors (Lipinski definition) is 2. The Balaban J connectivity index is 1.85. The average molecular weight is 215 g/mol. The normalized spacial score (nSPS) is 14.4. The molecule has 1 aliphatic rings. The molecular formula is C13H17N3. The van der Waals surface area contributed by atoms with Gasteiger partial charge in [-0.3, -0.25) is 0 Å². The lowest BCUT2D eigenvalue weighted by Gasteiger charge is -2.09. The highest BCUT2D eigenvalue weighted by atomic mass is 14.9. The lowest BCUT2D eigenvalue weighted by Crippen LogP contribution is -2.05. The molecule has 0 radical (unpaired) electrons. The summed E-state index contributed by atoms with van der Waals surface area (Å²) < 4.78 is 0. The molecule has 3 N–H and O–H groups in total. The van der Waals surface area contributed by atoms with E-state index in [9.17, 15) is 0 Å². The fraction of sp³-hybridized carbons (Fsp3) is 0.462. The van der Waals surface area contributed by atoms with Gasteiger partial charge in [-0.1, -0.05) is 18.9 Å². The van der Waals surface area contributed by atoms with E-state index in [1.54, 1.807) is 6.07 Å². The molecule has 84 valence electrons. The van der Waals surface area contributed by atoms with E-state index in [-0.39, 0.29) is 0 Å². The maximum Gasteiger partial charge on any atom is 0.101 e. The van der Waals surface area contributed by atoms with E-state index in [2.05, 4.69) is 11.4 Å². The van der Waals surface area contributed by atoms with Gasteiger partial charge in [-0.15, -0.1) is 0 Å². The Morgan fingerprint density at radius 1 is 1.44 bits per heavy atom. The summed E-state index contributed by atoms with van der Waals surface area (Å²) in [4.78, 5) is 0. The van der Waals surface area contributed by atoms with Gasteiger partial charge in [-0.25, -0.2) is 0 Å². The molecule has 1 saturated carbocycles. The van der Waals surface area contributed by atoms with Crippen LogP contribution < -0.4 is 11.1 Å². The van der Waals surface area contributed by atoms with E-state index in [1.165, 1.54) is 25.7 Å². The molecular weight excluding hydrogens is 198 g/mol. The fourth-order valence-electron chi connectivity index (χ4n) is 1.84. The first-order valence-corrected chi connectivity index (χ1v) is 5.83. The Morgan fingerprint density at radius 3 is 2.94 bits per heavy atom. The summed E-state index contributed by atoms with van der Waals surface area (Å²) in [5.74, 6) is 0.976. The predicted octanol–water partition coefficient (Wildman–Crippen LogP) is 2.74. The first-order valence-electron chi connectivity index (χ1n) is 5.83. The summed E-state index contributed by atoms with van der Waals surface area (Å²) in [6.45, 7) is 0.940. The van der Waals surface area contributed by atoms with Crippen LogP contribution in [0.5, 0.6) is 0 Å². The largest absolute Gasteiger partial charge is 0.396 e. The maximum absolute atomic E-state index is 8.84. The second-order valence-electron chi connectivity index (χ2n) is 4.39. The van der Waals surface area contributed by atoms with Crippen LogP contribution in [0.15, 0.2) is 18.2 Å². The third-order valence-corrected chi connectivity index (χ3v) is 3.03. The minimum atomic E-state index is 0.548. The van der Waals surface area contributed by atoms with Crippen LogP contribution in [0.2, 0.25) is 0 Å². The number of nitriles is 1. The maximum atomic E-state index is 8.84. The topological polar surface area (TPSA) is 61.8 Å². The van der Waals surface area contributed by atoms with Crippen molar-refractivity contribution in [3.8, 4) is 6.07 Å². The molecule has 1 aromatic carbocycles. The molecule has 0 amide bonds. The standard InChI is InChI=1S/C13H17N3/c14-9-11-4-1-5-12(13(11)15)16-8-2-3-10-6-7-10/h1,4-5,10,16H,2-3,6-8,15H2. The number of nitrogens with one attached hydrogen (secondary N) is 1. The van der Waals surface area contributed by atoms with Crippen molar-refractivity contribution in [2.45, 2.75) is 25.7 Å². The van der Waals surface area contributed by atoms with Gasteiger partial charge < -0.3 is 11.1 Å². The van der Waals surface area contributed by atoms with Crippen molar-refractivity contribution in [1.82, 2.24) is 0 Å². The fourth-order valence-corrected chi connectivity index (χ4v) is 1.84. The summed E-state index contributed by atoms with van der Waals surface area (Å²) in [7, 11) is 0. The lowest BCUT2D eigenvalue weighted by atomic mass is 10.1. The van der Waals surface area contributed by atoms with E-state index >= 15 is 0 Å². The first kappa shape index (κ1) is 10.8. The second-order valence-corrected chi connectivity index (χ2v) is 4.39. The molecule has 2 rings (SSSR count). The number of para-hydroxylation sites is 1. The highest BCUT2D eigenvalue weighted by molar-refractivity contribution is 5.72. The first-order chi connectivity index (χ1) is 7.81. The van der Waals surface area contributed by atoms with Gasteiger partial charge in [0.05, 0.1) is 16.9 Å². The molecule has 0 unspecified atom stereocenters. The van der Waals surface area contributed by atoms with Crippen molar-refractivity contribution in [3.05, 3.63) is 23.8 Å². The molecule has 0 saturated heterocycles. The number of hydrogen-bond acceptors (Lipinski definition) is 3. The van der Waals surface area contributed by atoms with Gasteiger partial charge in [0.1, 0.15) is 6.07 Å². The van der Waals surface area contributed by atoms with Crippen molar-refractivity contribution >= 4 is 11.4 Å². The van der Waals surface area contributed by atoms with Crippen LogP contribution in [0.4, 0.5) is 11.4 Å². The second kappa shape index (κ2) is 4.89. The minimum absolute atomic E-state index is 0.548. The Hall–Kier alpha value is -1.69. The number of rotatable bonds is 5. The van der Waals surface area contributed by atoms with E-state index < -0.39 is 0 Å². The summed E-state index contributed by atoms with van der Waals surface area (Å²) in [5.41, 5.74) is 7.86. The predicted molar refractivity (Wildman–Crippen MR) is 66.0 cm³/mol. The molecule has 0 spiro atoms. The number of nitrogens with two attached hydrogens (primary N) is 1. The molecule has 1 fully saturated rings. The lowest BCUT2D eigenvalue weighted by molar-refractivity contribution is 0.687. The Kier molecular flexibility index (Phi) is 3.31. The zero-order valence-corrected chi connectivity index (χ0v) is 9.37. The van der Waals surface area contributed by atoms with E-state index in [1.807, 2.05) is 12.1 Å². The zero-order valence-electron chi connectivity index (χ0n) is 9.37. The summed E-state index contributed by atoms with van der Waals surface area (Å²) >= 11 is 0. The molecule has 0 aromatic heterocycles. The van der Waals surface area contributed by atoms with Crippen LogP contribution in [0.1, 0.15) is 31.2 Å². The number of anilines is 2. The summed E-state index contributed by atoms with van der Waals surface area (Å²) in [6.07, 6.45) is 5.31. The molecule has 0 aliphatic heterocycles. The van der Waals surface area contributed by atoms with Crippen molar-refractivity contribution in [3.63, 3.8) is 0 Å². The van der Waals surface area contributed by atoms with Crippen LogP contribution in [-0.4, -0.2) is 6.54 Å². The molecule has 1 aromatic rings. The Bertz CT molecular complexity index is 402. The Morgan fingerprint density at radius 2 is 2.25 bits per heavy atom. The highest BCUT2D eigenvalue weighted by Crippen LogP contribution is 2.33.